The maximum Gasteiger partial charge on any atom is 0.224 e. The Bertz CT molecular complexity index is 377. The number of amides is 1. The third-order valence-corrected chi connectivity index (χ3v) is 3.15. The highest BCUT2D eigenvalue weighted by atomic mass is 16.3. The number of aliphatic hydroxyl groups is 1. The van der Waals surface area contributed by atoms with Crippen LogP contribution in [0.1, 0.15) is 57.4 Å². The lowest BCUT2D eigenvalue weighted by atomic mass is 10.1. The fourth-order valence-electron chi connectivity index (χ4n) is 2.04. The summed E-state index contributed by atoms with van der Waals surface area (Å²) in [6.45, 7) is 2.20. The van der Waals surface area contributed by atoms with Gasteiger partial charge in [0.05, 0.1) is 6.61 Å². The number of benzene rings is 1. The van der Waals surface area contributed by atoms with E-state index in [1.165, 1.54) is 25.7 Å². The minimum absolute atomic E-state index is 0.00113. The van der Waals surface area contributed by atoms with Gasteiger partial charge in [0.1, 0.15) is 0 Å². The van der Waals surface area contributed by atoms with Crippen molar-refractivity contribution in [2.24, 2.45) is 0 Å². The lowest BCUT2D eigenvalue weighted by molar-refractivity contribution is -0.116. The molecule has 0 radical (unpaired) electrons. The third kappa shape index (κ3) is 6.97. The van der Waals surface area contributed by atoms with Gasteiger partial charge >= 0.3 is 0 Å². The van der Waals surface area contributed by atoms with Crippen LogP contribution in [0.4, 0.5) is 5.69 Å². The molecule has 0 saturated carbocycles. The highest BCUT2D eigenvalue weighted by Crippen LogP contribution is 2.12. The van der Waals surface area contributed by atoms with Crippen LogP contribution < -0.4 is 5.32 Å². The second-order valence-corrected chi connectivity index (χ2v) is 4.92. The highest BCUT2D eigenvalue weighted by molar-refractivity contribution is 5.90. The Balaban J connectivity index is 2.19. The fourth-order valence-corrected chi connectivity index (χ4v) is 2.04. The summed E-state index contributed by atoms with van der Waals surface area (Å²) in [5.74, 6) is 0.0607. The average molecular weight is 263 g/mol. The molecule has 2 N–H and O–H groups in total. The second kappa shape index (κ2) is 9.56. The SMILES string of the molecule is CCCCCCCCC(=O)Nc1cccc(CO)c1. The molecule has 1 aromatic carbocycles. The summed E-state index contributed by atoms with van der Waals surface area (Å²) in [6, 6.07) is 7.33. The van der Waals surface area contributed by atoms with Crippen molar-refractivity contribution in [1.29, 1.82) is 0 Å². The van der Waals surface area contributed by atoms with E-state index >= 15 is 0 Å². The first-order chi connectivity index (χ1) is 9.26. The van der Waals surface area contributed by atoms with E-state index in [0.717, 1.165) is 24.1 Å². The zero-order valence-electron chi connectivity index (χ0n) is 11.8. The molecule has 0 aromatic heterocycles. The Labute approximate surface area is 116 Å². The predicted molar refractivity (Wildman–Crippen MR) is 79.0 cm³/mol. The number of aliphatic hydroxyl groups excluding tert-OH is 1. The molecule has 0 aliphatic heterocycles. The van der Waals surface area contributed by atoms with Crippen molar-refractivity contribution < 1.29 is 9.90 Å². The van der Waals surface area contributed by atoms with Gasteiger partial charge in [-0.3, -0.25) is 4.79 Å². The smallest absolute Gasteiger partial charge is 0.224 e. The molecule has 0 heterocycles. The topological polar surface area (TPSA) is 49.3 Å². The largest absolute Gasteiger partial charge is 0.392 e. The van der Waals surface area contributed by atoms with E-state index in [-0.39, 0.29) is 12.5 Å². The summed E-state index contributed by atoms with van der Waals surface area (Å²) in [5.41, 5.74) is 1.58. The van der Waals surface area contributed by atoms with Gasteiger partial charge in [0.25, 0.3) is 0 Å². The van der Waals surface area contributed by atoms with Gasteiger partial charge in [-0.1, -0.05) is 51.2 Å². The van der Waals surface area contributed by atoms with Gasteiger partial charge in [-0.05, 0) is 24.1 Å². The van der Waals surface area contributed by atoms with Crippen LogP contribution in [-0.2, 0) is 11.4 Å². The van der Waals surface area contributed by atoms with Gasteiger partial charge in [0, 0.05) is 12.1 Å². The molecule has 0 aliphatic carbocycles. The monoisotopic (exact) mass is 263 g/mol. The molecule has 1 amide bonds. The maximum absolute atomic E-state index is 11.7. The predicted octanol–water partition coefficient (Wildman–Crippen LogP) is 3.87. The number of carbonyl (C=O) groups is 1. The summed E-state index contributed by atoms with van der Waals surface area (Å²) in [7, 11) is 0. The molecule has 3 heteroatoms. The maximum atomic E-state index is 11.7. The second-order valence-electron chi connectivity index (χ2n) is 4.92. The first-order valence-electron chi connectivity index (χ1n) is 7.26. The Morgan fingerprint density at radius 1 is 1.16 bits per heavy atom. The van der Waals surface area contributed by atoms with Gasteiger partial charge in [0.2, 0.25) is 5.91 Å². The fraction of sp³-hybridized carbons (Fsp3) is 0.562. The number of anilines is 1. The molecule has 1 aromatic rings. The summed E-state index contributed by atoms with van der Waals surface area (Å²) < 4.78 is 0. The number of hydrogen-bond acceptors (Lipinski definition) is 2. The number of nitrogens with one attached hydrogen (secondary N) is 1. The molecule has 19 heavy (non-hydrogen) atoms. The molecule has 0 atom stereocenters. The molecule has 3 nitrogen and oxygen atoms in total. The quantitative estimate of drug-likeness (QED) is 0.664. The highest BCUT2D eigenvalue weighted by Gasteiger charge is 2.02. The molecular formula is C16H25NO2. The van der Waals surface area contributed by atoms with Crippen LogP contribution in [0, 0.1) is 0 Å². The summed E-state index contributed by atoms with van der Waals surface area (Å²) in [4.78, 5) is 11.7. The van der Waals surface area contributed by atoms with E-state index in [4.69, 9.17) is 5.11 Å². The van der Waals surface area contributed by atoms with Crippen molar-refractivity contribution in [3.8, 4) is 0 Å². The van der Waals surface area contributed by atoms with E-state index in [2.05, 4.69) is 12.2 Å². The van der Waals surface area contributed by atoms with Crippen LogP contribution >= 0.6 is 0 Å². The van der Waals surface area contributed by atoms with E-state index in [0.29, 0.717) is 6.42 Å². The van der Waals surface area contributed by atoms with E-state index in [1.54, 1.807) is 6.07 Å². The average Bonchev–Trinajstić information content (AvgIpc) is 2.43. The summed E-state index contributed by atoms with van der Waals surface area (Å²) >= 11 is 0. The first kappa shape index (κ1) is 15.7. The molecule has 0 unspecified atom stereocenters. The van der Waals surface area contributed by atoms with Crippen molar-refractivity contribution in [2.75, 3.05) is 5.32 Å². The number of hydrogen-bond donors (Lipinski definition) is 2. The number of unbranched alkanes of at least 4 members (excludes halogenated alkanes) is 5. The third-order valence-electron chi connectivity index (χ3n) is 3.15. The minimum atomic E-state index is 0.00113. The molecule has 106 valence electrons. The zero-order valence-corrected chi connectivity index (χ0v) is 11.8. The van der Waals surface area contributed by atoms with E-state index in [1.807, 2.05) is 18.2 Å². The van der Waals surface area contributed by atoms with Gasteiger partial charge in [-0.15, -0.1) is 0 Å². The van der Waals surface area contributed by atoms with Gasteiger partial charge in [-0.2, -0.15) is 0 Å². The molecule has 0 bridgehead atoms. The molecule has 0 aliphatic rings. The van der Waals surface area contributed by atoms with Gasteiger partial charge in [0.15, 0.2) is 0 Å². The van der Waals surface area contributed by atoms with Crippen molar-refractivity contribution in [3.05, 3.63) is 29.8 Å². The van der Waals surface area contributed by atoms with Crippen molar-refractivity contribution in [1.82, 2.24) is 0 Å². The van der Waals surface area contributed by atoms with Crippen LogP contribution in [-0.4, -0.2) is 11.0 Å². The van der Waals surface area contributed by atoms with Crippen LogP contribution in [0.5, 0.6) is 0 Å². The first-order valence-corrected chi connectivity index (χ1v) is 7.26. The van der Waals surface area contributed by atoms with Gasteiger partial charge in [-0.25, -0.2) is 0 Å². The number of rotatable bonds is 9. The molecule has 0 fully saturated rings. The van der Waals surface area contributed by atoms with Crippen molar-refractivity contribution in [3.63, 3.8) is 0 Å². The van der Waals surface area contributed by atoms with Crippen LogP contribution in [0.2, 0.25) is 0 Å². The molecular weight excluding hydrogens is 238 g/mol. The number of carbonyl (C=O) groups excluding carboxylic acids is 1. The molecule has 0 saturated heterocycles. The lowest BCUT2D eigenvalue weighted by Crippen LogP contribution is -2.11. The van der Waals surface area contributed by atoms with Crippen LogP contribution in [0.15, 0.2) is 24.3 Å². The van der Waals surface area contributed by atoms with Gasteiger partial charge < -0.3 is 10.4 Å². The summed E-state index contributed by atoms with van der Waals surface area (Å²) in [6.07, 6.45) is 7.70. The lowest BCUT2D eigenvalue weighted by Gasteiger charge is -2.06. The zero-order chi connectivity index (χ0) is 13.9. The van der Waals surface area contributed by atoms with Crippen molar-refractivity contribution >= 4 is 11.6 Å². The van der Waals surface area contributed by atoms with Crippen LogP contribution in [0.25, 0.3) is 0 Å². The molecule has 0 spiro atoms. The standard InChI is InChI=1S/C16H25NO2/c1-2-3-4-5-6-7-11-16(19)17-15-10-8-9-14(12-15)13-18/h8-10,12,18H,2-7,11,13H2,1H3,(H,17,19). The van der Waals surface area contributed by atoms with Crippen LogP contribution in [0.3, 0.4) is 0 Å². The van der Waals surface area contributed by atoms with E-state index < -0.39 is 0 Å². The Kier molecular flexibility index (Phi) is 7.91. The van der Waals surface area contributed by atoms with E-state index in [9.17, 15) is 4.79 Å². The van der Waals surface area contributed by atoms with Crippen molar-refractivity contribution in [2.45, 2.75) is 58.5 Å². The summed E-state index contributed by atoms with van der Waals surface area (Å²) in [5, 5.41) is 11.9. The molecule has 1 rings (SSSR count). The normalized spacial score (nSPS) is 10.4. The minimum Gasteiger partial charge on any atom is -0.392 e. The Morgan fingerprint density at radius 3 is 2.63 bits per heavy atom. The Morgan fingerprint density at radius 2 is 1.89 bits per heavy atom. The Hall–Kier alpha value is -1.35.